The van der Waals surface area contributed by atoms with E-state index in [-0.39, 0.29) is 6.10 Å². The maximum absolute atomic E-state index is 10.6. The monoisotopic (exact) mass is 308 g/mol. The van der Waals surface area contributed by atoms with Gasteiger partial charge in [-0.2, -0.15) is 5.10 Å². The van der Waals surface area contributed by atoms with E-state index < -0.39 is 6.10 Å². The van der Waals surface area contributed by atoms with E-state index >= 15 is 0 Å². The van der Waals surface area contributed by atoms with Crippen LogP contribution < -0.4 is 0 Å². The van der Waals surface area contributed by atoms with Gasteiger partial charge in [0.25, 0.3) is 0 Å². The fourth-order valence-corrected chi connectivity index (χ4v) is 2.70. The van der Waals surface area contributed by atoms with E-state index in [0.29, 0.717) is 18.1 Å². The molecule has 5 heteroatoms. The smallest absolute Gasteiger partial charge is 0.109 e. The average Bonchev–Trinajstić information content (AvgIpc) is 2.72. The summed E-state index contributed by atoms with van der Waals surface area (Å²) in [7, 11) is 1.83. The van der Waals surface area contributed by atoms with Gasteiger partial charge in [0.05, 0.1) is 22.5 Å². The van der Waals surface area contributed by atoms with Gasteiger partial charge in [-0.25, -0.2) is 0 Å². The molecule has 0 bridgehead atoms. The van der Waals surface area contributed by atoms with Crippen molar-refractivity contribution in [2.75, 3.05) is 6.61 Å². The van der Waals surface area contributed by atoms with Crippen molar-refractivity contribution in [3.8, 4) is 0 Å². The van der Waals surface area contributed by atoms with Gasteiger partial charge in [-0.3, -0.25) is 4.68 Å². The van der Waals surface area contributed by atoms with Crippen LogP contribution in [0.1, 0.15) is 30.0 Å². The molecule has 2 unspecified atom stereocenters. The Kier molecular flexibility index (Phi) is 5.39. The van der Waals surface area contributed by atoms with Crippen molar-refractivity contribution in [2.45, 2.75) is 32.5 Å². The van der Waals surface area contributed by atoms with Gasteiger partial charge in [0.15, 0.2) is 0 Å². The number of halogens is 1. The SMILES string of the molecule is CCOC(c1ccccc1)C(O)Cc1c(Cl)c(C)nn1C. The van der Waals surface area contributed by atoms with Crippen molar-refractivity contribution < 1.29 is 9.84 Å². The zero-order valence-corrected chi connectivity index (χ0v) is 13.3. The van der Waals surface area contributed by atoms with E-state index in [1.807, 2.05) is 51.2 Å². The minimum atomic E-state index is -0.681. The second-order valence-electron chi connectivity index (χ2n) is 5.03. The first-order chi connectivity index (χ1) is 10.0. The lowest BCUT2D eigenvalue weighted by atomic mass is 10.0. The van der Waals surface area contributed by atoms with Gasteiger partial charge in [-0.1, -0.05) is 41.9 Å². The number of aromatic nitrogens is 2. The highest BCUT2D eigenvalue weighted by molar-refractivity contribution is 6.31. The number of hydrogen-bond acceptors (Lipinski definition) is 3. The molecule has 4 nitrogen and oxygen atoms in total. The lowest BCUT2D eigenvalue weighted by molar-refractivity contribution is -0.0346. The molecule has 0 aliphatic carbocycles. The molecule has 0 amide bonds. The number of benzene rings is 1. The molecular formula is C16H21ClN2O2. The molecule has 1 heterocycles. The molecule has 2 aromatic rings. The molecule has 0 saturated carbocycles. The Morgan fingerprint density at radius 1 is 1.33 bits per heavy atom. The van der Waals surface area contributed by atoms with E-state index in [9.17, 15) is 5.11 Å². The molecule has 114 valence electrons. The summed E-state index contributed by atoms with van der Waals surface area (Å²) in [6.45, 7) is 4.31. The van der Waals surface area contributed by atoms with Gasteiger partial charge in [-0.15, -0.1) is 0 Å². The standard InChI is InChI=1S/C16H21ClN2O2/c1-4-21-16(12-8-6-5-7-9-12)14(20)10-13-15(17)11(2)18-19(13)3/h5-9,14,16,20H,4,10H2,1-3H3. The highest BCUT2D eigenvalue weighted by Crippen LogP contribution is 2.27. The summed E-state index contributed by atoms with van der Waals surface area (Å²) in [5.74, 6) is 0. The fourth-order valence-electron chi connectivity index (χ4n) is 2.46. The minimum absolute atomic E-state index is 0.373. The molecular weight excluding hydrogens is 288 g/mol. The minimum Gasteiger partial charge on any atom is -0.390 e. The Morgan fingerprint density at radius 2 is 2.00 bits per heavy atom. The summed E-state index contributed by atoms with van der Waals surface area (Å²) in [4.78, 5) is 0. The van der Waals surface area contributed by atoms with Crippen molar-refractivity contribution in [3.63, 3.8) is 0 Å². The summed E-state index contributed by atoms with van der Waals surface area (Å²) in [6, 6.07) is 9.74. The predicted molar refractivity (Wildman–Crippen MR) is 83.5 cm³/mol. The van der Waals surface area contributed by atoms with Crippen LogP contribution in [0.25, 0.3) is 0 Å². The zero-order valence-electron chi connectivity index (χ0n) is 12.6. The van der Waals surface area contributed by atoms with Crippen LogP contribution in [-0.4, -0.2) is 27.6 Å². The van der Waals surface area contributed by atoms with Crippen LogP contribution >= 0.6 is 11.6 Å². The van der Waals surface area contributed by atoms with Crippen molar-refractivity contribution in [2.24, 2.45) is 7.05 Å². The number of aliphatic hydroxyl groups excluding tert-OH is 1. The molecule has 2 rings (SSSR count). The molecule has 0 aliphatic rings. The van der Waals surface area contributed by atoms with E-state index in [1.165, 1.54) is 0 Å². The van der Waals surface area contributed by atoms with Crippen LogP contribution in [0.3, 0.4) is 0 Å². The van der Waals surface area contributed by atoms with Crippen molar-refractivity contribution in [3.05, 3.63) is 52.3 Å². The van der Waals surface area contributed by atoms with Gasteiger partial charge in [0.1, 0.15) is 6.10 Å². The van der Waals surface area contributed by atoms with Gasteiger partial charge < -0.3 is 9.84 Å². The number of nitrogens with zero attached hydrogens (tertiary/aromatic N) is 2. The summed E-state index contributed by atoms with van der Waals surface area (Å²) < 4.78 is 7.44. The third-order valence-corrected chi connectivity index (χ3v) is 3.98. The topological polar surface area (TPSA) is 47.3 Å². The molecule has 0 spiro atoms. The number of ether oxygens (including phenoxy) is 1. The Bertz CT molecular complexity index is 583. The lowest BCUT2D eigenvalue weighted by Gasteiger charge is -2.23. The highest BCUT2D eigenvalue weighted by Gasteiger charge is 2.24. The maximum Gasteiger partial charge on any atom is 0.109 e. The average molecular weight is 309 g/mol. The second kappa shape index (κ2) is 7.07. The van der Waals surface area contributed by atoms with Crippen LogP contribution in [0.4, 0.5) is 0 Å². The van der Waals surface area contributed by atoms with Crippen molar-refractivity contribution in [1.82, 2.24) is 9.78 Å². The third-order valence-electron chi connectivity index (χ3n) is 3.49. The molecule has 0 saturated heterocycles. The van der Waals surface area contributed by atoms with E-state index in [4.69, 9.17) is 16.3 Å². The highest BCUT2D eigenvalue weighted by atomic mass is 35.5. The van der Waals surface area contributed by atoms with E-state index in [2.05, 4.69) is 5.10 Å². The second-order valence-corrected chi connectivity index (χ2v) is 5.41. The number of aliphatic hydroxyl groups is 1. The van der Waals surface area contributed by atoms with Gasteiger partial charge in [-0.05, 0) is 19.4 Å². The quantitative estimate of drug-likeness (QED) is 0.892. The maximum atomic E-state index is 10.6. The van der Waals surface area contributed by atoms with Crippen LogP contribution in [0.2, 0.25) is 5.02 Å². The van der Waals surface area contributed by atoms with E-state index in [1.54, 1.807) is 4.68 Å². The molecule has 0 radical (unpaired) electrons. The molecule has 0 fully saturated rings. The third kappa shape index (κ3) is 3.64. The molecule has 0 aliphatic heterocycles. The van der Waals surface area contributed by atoms with Gasteiger partial charge in [0.2, 0.25) is 0 Å². The Labute approximate surface area is 130 Å². The summed E-state index contributed by atoms with van der Waals surface area (Å²) in [6.07, 6.45) is -0.655. The first-order valence-electron chi connectivity index (χ1n) is 7.07. The van der Waals surface area contributed by atoms with Crippen LogP contribution in [0, 0.1) is 6.92 Å². The molecule has 21 heavy (non-hydrogen) atoms. The van der Waals surface area contributed by atoms with Crippen molar-refractivity contribution >= 4 is 11.6 Å². The summed E-state index contributed by atoms with van der Waals surface area (Å²) in [5, 5.41) is 15.5. The Hall–Kier alpha value is -1.36. The Balaban J connectivity index is 2.21. The Morgan fingerprint density at radius 3 is 2.52 bits per heavy atom. The van der Waals surface area contributed by atoms with Crippen LogP contribution in [-0.2, 0) is 18.2 Å². The molecule has 1 aromatic heterocycles. The zero-order chi connectivity index (χ0) is 15.4. The first-order valence-corrected chi connectivity index (χ1v) is 7.45. The summed E-state index contributed by atoms with van der Waals surface area (Å²) >= 11 is 6.25. The number of rotatable bonds is 6. The van der Waals surface area contributed by atoms with Crippen LogP contribution in [0.15, 0.2) is 30.3 Å². The number of aryl methyl sites for hydroxylation is 2. The molecule has 1 aromatic carbocycles. The molecule has 1 N–H and O–H groups in total. The largest absolute Gasteiger partial charge is 0.390 e. The molecule has 2 atom stereocenters. The first kappa shape index (κ1) is 16.0. The summed E-state index contributed by atoms with van der Waals surface area (Å²) in [5.41, 5.74) is 2.55. The fraction of sp³-hybridized carbons (Fsp3) is 0.438. The van der Waals surface area contributed by atoms with Crippen molar-refractivity contribution in [1.29, 1.82) is 0 Å². The predicted octanol–water partition coefficient (Wildman–Crippen LogP) is 3.06. The number of hydrogen-bond donors (Lipinski definition) is 1. The van der Waals surface area contributed by atoms with E-state index in [0.717, 1.165) is 17.0 Å². The van der Waals surface area contributed by atoms with Gasteiger partial charge in [0, 0.05) is 20.1 Å². The lowest BCUT2D eigenvalue weighted by Crippen LogP contribution is -2.25. The van der Waals surface area contributed by atoms with Crippen LogP contribution in [0.5, 0.6) is 0 Å². The van der Waals surface area contributed by atoms with Gasteiger partial charge >= 0.3 is 0 Å². The normalized spacial score (nSPS) is 14.1.